The molecule has 80 valence electrons. The molecule has 0 heterocycles. The van der Waals surface area contributed by atoms with Crippen LogP contribution in [0.4, 0.5) is 0 Å². The van der Waals surface area contributed by atoms with Crippen LogP contribution in [-0.4, -0.2) is 11.1 Å². The molecule has 0 saturated heterocycles. The molecule has 0 amide bonds. The van der Waals surface area contributed by atoms with E-state index >= 15 is 0 Å². The molecule has 2 saturated carbocycles. The summed E-state index contributed by atoms with van der Waals surface area (Å²) in [7, 11) is 0. The monoisotopic (exact) mass is 196 g/mol. The van der Waals surface area contributed by atoms with Crippen LogP contribution in [0.2, 0.25) is 0 Å². The van der Waals surface area contributed by atoms with E-state index in [-0.39, 0.29) is 5.41 Å². The zero-order chi connectivity index (χ0) is 10.2. The lowest BCUT2D eigenvalue weighted by atomic mass is 9.54. The van der Waals surface area contributed by atoms with E-state index in [4.69, 9.17) is 0 Å². The topological polar surface area (TPSA) is 37.3 Å². The minimum absolute atomic E-state index is 0.320. The fourth-order valence-corrected chi connectivity index (χ4v) is 3.52. The minimum atomic E-state index is -0.525. The van der Waals surface area contributed by atoms with E-state index in [1.54, 1.807) is 0 Å². The normalized spacial score (nSPS) is 39.1. The lowest BCUT2D eigenvalue weighted by molar-refractivity contribution is -0.165. The summed E-state index contributed by atoms with van der Waals surface area (Å²) in [6.45, 7) is 2.17. The molecule has 0 radical (unpaired) electrons. The maximum Gasteiger partial charge on any atom is 0.309 e. The molecule has 2 rings (SSSR count). The number of rotatable bonds is 2. The van der Waals surface area contributed by atoms with Gasteiger partial charge in [0.25, 0.3) is 0 Å². The second-order valence-electron chi connectivity index (χ2n) is 5.31. The number of carboxylic acid groups (broad SMARTS) is 1. The number of carbonyl (C=O) groups is 1. The van der Waals surface area contributed by atoms with Crippen molar-refractivity contribution in [3.63, 3.8) is 0 Å². The summed E-state index contributed by atoms with van der Waals surface area (Å²) in [5, 5.41) is 9.35. The van der Waals surface area contributed by atoms with Gasteiger partial charge < -0.3 is 5.11 Å². The third kappa shape index (κ3) is 1.45. The number of hydrogen-bond donors (Lipinski definition) is 1. The van der Waals surface area contributed by atoms with Crippen LogP contribution in [0.3, 0.4) is 0 Å². The fourth-order valence-electron chi connectivity index (χ4n) is 3.52. The van der Waals surface area contributed by atoms with Gasteiger partial charge in [0, 0.05) is 0 Å². The Bertz CT molecular complexity index is 222. The highest BCUT2D eigenvalue weighted by molar-refractivity contribution is 5.76. The van der Waals surface area contributed by atoms with Crippen LogP contribution in [-0.2, 0) is 4.79 Å². The Morgan fingerprint density at radius 1 is 1.21 bits per heavy atom. The summed E-state index contributed by atoms with van der Waals surface area (Å²) in [6.07, 6.45) is 7.95. The lowest BCUT2D eigenvalue weighted by Crippen LogP contribution is -2.49. The van der Waals surface area contributed by atoms with Crippen molar-refractivity contribution in [3.05, 3.63) is 0 Å². The number of aliphatic carboxylic acids is 1. The summed E-state index contributed by atoms with van der Waals surface area (Å²) in [5.74, 6) is 0.584. The molecule has 0 atom stereocenters. The average molecular weight is 196 g/mol. The Labute approximate surface area is 85.7 Å². The standard InChI is InChI=1S/C12H20O2/c1-9-7-12(8-9,11(13)14)10-5-3-2-4-6-10/h9-10H,2-8H2,1H3,(H,13,14). The number of carboxylic acids is 1. The van der Waals surface area contributed by atoms with Crippen LogP contribution in [0.15, 0.2) is 0 Å². The summed E-state index contributed by atoms with van der Waals surface area (Å²) in [5.41, 5.74) is -0.320. The molecule has 0 aromatic carbocycles. The summed E-state index contributed by atoms with van der Waals surface area (Å²) in [4.78, 5) is 11.3. The van der Waals surface area contributed by atoms with Crippen LogP contribution in [0, 0.1) is 17.3 Å². The third-order valence-corrected chi connectivity index (χ3v) is 4.24. The van der Waals surface area contributed by atoms with Crippen LogP contribution >= 0.6 is 0 Å². The molecule has 2 heteroatoms. The first-order chi connectivity index (χ1) is 6.65. The maximum atomic E-state index is 11.3. The Balaban J connectivity index is 2.07. The lowest BCUT2D eigenvalue weighted by Gasteiger charge is -2.49. The largest absolute Gasteiger partial charge is 0.481 e. The van der Waals surface area contributed by atoms with Gasteiger partial charge in [0.1, 0.15) is 0 Å². The molecule has 2 nitrogen and oxygen atoms in total. The number of hydrogen-bond acceptors (Lipinski definition) is 1. The zero-order valence-electron chi connectivity index (χ0n) is 8.96. The smallest absolute Gasteiger partial charge is 0.309 e. The summed E-state index contributed by atoms with van der Waals surface area (Å²) < 4.78 is 0. The SMILES string of the molecule is CC1CC(C(=O)O)(C2CCCCC2)C1. The van der Waals surface area contributed by atoms with Crippen LogP contribution in [0.5, 0.6) is 0 Å². The molecule has 0 unspecified atom stereocenters. The molecule has 0 bridgehead atoms. The van der Waals surface area contributed by atoms with Crippen molar-refractivity contribution < 1.29 is 9.90 Å². The summed E-state index contributed by atoms with van der Waals surface area (Å²) >= 11 is 0. The van der Waals surface area contributed by atoms with Crippen LogP contribution in [0.25, 0.3) is 0 Å². The molecule has 0 aliphatic heterocycles. The summed E-state index contributed by atoms with van der Waals surface area (Å²) in [6, 6.07) is 0. The molecule has 14 heavy (non-hydrogen) atoms. The van der Waals surface area contributed by atoms with E-state index < -0.39 is 5.97 Å². The van der Waals surface area contributed by atoms with E-state index in [0.717, 1.165) is 25.7 Å². The van der Waals surface area contributed by atoms with Crippen LogP contribution in [0.1, 0.15) is 51.9 Å². The highest BCUT2D eigenvalue weighted by Crippen LogP contribution is 2.54. The molecule has 0 spiro atoms. The van der Waals surface area contributed by atoms with E-state index in [2.05, 4.69) is 6.92 Å². The predicted molar refractivity (Wildman–Crippen MR) is 55.0 cm³/mol. The predicted octanol–water partition coefficient (Wildman–Crippen LogP) is 3.07. The van der Waals surface area contributed by atoms with Crippen molar-refractivity contribution in [3.8, 4) is 0 Å². The third-order valence-electron chi connectivity index (χ3n) is 4.24. The first-order valence-corrected chi connectivity index (χ1v) is 5.88. The van der Waals surface area contributed by atoms with Gasteiger partial charge in [-0.2, -0.15) is 0 Å². The molecular formula is C12H20O2. The van der Waals surface area contributed by atoms with Crippen LogP contribution < -0.4 is 0 Å². The Morgan fingerprint density at radius 3 is 2.21 bits per heavy atom. The van der Waals surface area contributed by atoms with Crippen molar-refractivity contribution in [1.82, 2.24) is 0 Å². The van der Waals surface area contributed by atoms with E-state index in [1.807, 2.05) is 0 Å². The molecule has 2 aliphatic carbocycles. The highest BCUT2D eigenvalue weighted by atomic mass is 16.4. The first kappa shape index (κ1) is 10.0. The van der Waals surface area contributed by atoms with Gasteiger partial charge in [-0.1, -0.05) is 26.2 Å². The van der Waals surface area contributed by atoms with Crippen molar-refractivity contribution >= 4 is 5.97 Å². The fraction of sp³-hybridized carbons (Fsp3) is 0.917. The molecule has 0 aromatic rings. The van der Waals surface area contributed by atoms with Crippen molar-refractivity contribution in [2.45, 2.75) is 51.9 Å². The quantitative estimate of drug-likeness (QED) is 0.737. The Kier molecular flexibility index (Phi) is 2.54. The van der Waals surface area contributed by atoms with Gasteiger partial charge in [0.05, 0.1) is 5.41 Å². The van der Waals surface area contributed by atoms with E-state index in [9.17, 15) is 9.90 Å². The maximum absolute atomic E-state index is 11.3. The Morgan fingerprint density at radius 2 is 1.79 bits per heavy atom. The van der Waals surface area contributed by atoms with Gasteiger partial charge in [0.15, 0.2) is 0 Å². The van der Waals surface area contributed by atoms with Gasteiger partial charge >= 0.3 is 5.97 Å². The molecule has 1 N–H and O–H groups in total. The van der Waals surface area contributed by atoms with Gasteiger partial charge in [-0.15, -0.1) is 0 Å². The molecule has 2 aliphatic rings. The van der Waals surface area contributed by atoms with Gasteiger partial charge in [-0.05, 0) is 37.5 Å². The minimum Gasteiger partial charge on any atom is -0.481 e. The van der Waals surface area contributed by atoms with E-state index in [1.165, 1.54) is 19.3 Å². The first-order valence-electron chi connectivity index (χ1n) is 5.88. The second kappa shape index (κ2) is 3.56. The van der Waals surface area contributed by atoms with Crippen molar-refractivity contribution in [1.29, 1.82) is 0 Å². The zero-order valence-corrected chi connectivity index (χ0v) is 8.96. The van der Waals surface area contributed by atoms with Crippen molar-refractivity contribution in [2.24, 2.45) is 17.3 Å². The van der Waals surface area contributed by atoms with E-state index in [0.29, 0.717) is 11.8 Å². The van der Waals surface area contributed by atoms with Crippen molar-refractivity contribution in [2.75, 3.05) is 0 Å². The van der Waals surface area contributed by atoms with Gasteiger partial charge in [-0.25, -0.2) is 0 Å². The van der Waals surface area contributed by atoms with Gasteiger partial charge in [0.2, 0.25) is 0 Å². The second-order valence-corrected chi connectivity index (χ2v) is 5.31. The van der Waals surface area contributed by atoms with Gasteiger partial charge in [-0.3, -0.25) is 4.79 Å². The Hall–Kier alpha value is -0.530. The average Bonchev–Trinajstić information content (AvgIpc) is 2.13. The molecule has 0 aromatic heterocycles. The highest BCUT2D eigenvalue weighted by Gasteiger charge is 2.53. The molecule has 2 fully saturated rings. The molecular weight excluding hydrogens is 176 g/mol.